The minimum atomic E-state index is 0.271. The van der Waals surface area contributed by atoms with Crippen molar-refractivity contribution in [3.8, 4) is 17.1 Å². The molecule has 0 spiro atoms. The van der Waals surface area contributed by atoms with Crippen LogP contribution >= 0.6 is 15.9 Å². The fraction of sp³-hybridized carbons (Fsp3) is 0.235. The summed E-state index contributed by atoms with van der Waals surface area (Å²) < 4.78 is 3.19. The molecular formula is C17H17BrN2O. The van der Waals surface area contributed by atoms with E-state index in [1.165, 1.54) is 0 Å². The van der Waals surface area contributed by atoms with Gasteiger partial charge < -0.3 is 9.67 Å². The van der Waals surface area contributed by atoms with E-state index in [0.29, 0.717) is 0 Å². The fourth-order valence-electron chi connectivity index (χ4n) is 2.59. The second-order valence-corrected chi connectivity index (χ2v) is 6.16. The Hall–Kier alpha value is -1.81. The van der Waals surface area contributed by atoms with Gasteiger partial charge in [0, 0.05) is 11.0 Å². The first-order valence-electron chi connectivity index (χ1n) is 7.06. The summed E-state index contributed by atoms with van der Waals surface area (Å²) in [5, 5.41) is 10.2. The molecule has 0 aliphatic heterocycles. The summed E-state index contributed by atoms with van der Waals surface area (Å²) in [6.07, 6.45) is 1.01. The topological polar surface area (TPSA) is 38.0 Å². The lowest BCUT2D eigenvalue weighted by Crippen LogP contribution is -2.00. The van der Waals surface area contributed by atoms with E-state index in [9.17, 15) is 5.11 Å². The van der Waals surface area contributed by atoms with Gasteiger partial charge in [-0.2, -0.15) is 0 Å². The number of hydrogen-bond acceptors (Lipinski definition) is 2. The molecule has 2 aromatic carbocycles. The molecule has 108 valence electrons. The van der Waals surface area contributed by atoms with Crippen molar-refractivity contribution in [2.75, 3.05) is 0 Å². The zero-order chi connectivity index (χ0) is 15.0. The summed E-state index contributed by atoms with van der Waals surface area (Å²) in [5.41, 5.74) is 3.93. The number of rotatable bonds is 3. The summed E-state index contributed by atoms with van der Waals surface area (Å²) in [6.45, 7) is 5.04. The number of phenols is 1. The zero-order valence-corrected chi connectivity index (χ0v) is 13.7. The normalized spacial score (nSPS) is 11.2. The number of phenolic OH excluding ortho intramolecular Hbond substituents is 1. The summed E-state index contributed by atoms with van der Waals surface area (Å²) >= 11 is 3.49. The van der Waals surface area contributed by atoms with Gasteiger partial charge in [-0.05, 0) is 43.7 Å². The number of nitrogens with zero attached hydrogens (tertiary/aromatic N) is 2. The third kappa shape index (κ3) is 2.56. The van der Waals surface area contributed by atoms with Crippen LogP contribution in [0.1, 0.15) is 18.9 Å². The van der Waals surface area contributed by atoms with Crippen LogP contribution in [0.2, 0.25) is 0 Å². The van der Waals surface area contributed by atoms with Crippen molar-refractivity contribution < 1.29 is 5.11 Å². The van der Waals surface area contributed by atoms with Gasteiger partial charge in [0.25, 0.3) is 0 Å². The lowest BCUT2D eigenvalue weighted by Gasteiger charge is -2.10. The Labute approximate surface area is 132 Å². The molecule has 1 N–H and O–H groups in total. The van der Waals surface area contributed by atoms with Gasteiger partial charge in [0.15, 0.2) is 0 Å². The number of hydrogen-bond donors (Lipinski definition) is 1. The molecule has 4 heteroatoms. The molecule has 0 amide bonds. The molecule has 0 saturated carbocycles. The molecule has 0 saturated heterocycles. The number of halogens is 1. The first-order chi connectivity index (χ1) is 10.1. The van der Waals surface area contributed by atoms with E-state index in [2.05, 4.69) is 33.5 Å². The molecule has 0 unspecified atom stereocenters. The molecule has 0 radical (unpaired) electrons. The first-order valence-corrected chi connectivity index (χ1v) is 7.85. The smallest absolute Gasteiger partial charge is 0.144 e. The molecule has 21 heavy (non-hydrogen) atoms. The quantitative estimate of drug-likeness (QED) is 0.734. The number of aromatic hydroxyl groups is 1. The highest BCUT2D eigenvalue weighted by atomic mass is 79.9. The Morgan fingerprint density at radius 1 is 1.19 bits per heavy atom. The van der Waals surface area contributed by atoms with Crippen molar-refractivity contribution in [2.45, 2.75) is 26.8 Å². The molecule has 0 aliphatic rings. The van der Waals surface area contributed by atoms with Crippen LogP contribution in [0.15, 0.2) is 40.9 Å². The van der Waals surface area contributed by atoms with Crippen molar-refractivity contribution in [1.29, 1.82) is 0 Å². The standard InChI is InChI=1S/C17H17BrN2O/c1-3-8-20-15-6-5-12(18)10-14(15)19-17(20)13-9-11(2)4-7-16(13)21/h4-7,9-10,21H,3,8H2,1-2H3. The van der Waals surface area contributed by atoms with Gasteiger partial charge in [0.05, 0.1) is 16.6 Å². The first kappa shape index (κ1) is 14.1. The van der Waals surface area contributed by atoms with Crippen molar-refractivity contribution in [2.24, 2.45) is 0 Å². The van der Waals surface area contributed by atoms with Crippen LogP contribution in [0.3, 0.4) is 0 Å². The molecule has 0 fully saturated rings. The Kier molecular flexibility index (Phi) is 3.72. The lowest BCUT2D eigenvalue weighted by atomic mass is 10.1. The Morgan fingerprint density at radius 2 is 2.00 bits per heavy atom. The third-order valence-corrected chi connectivity index (χ3v) is 4.04. The van der Waals surface area contributed by atoms with E-state index < -0.39 is 0 Å². The SMILES string of the molecule is CCCn1c(-c2cc(C)ccc2O)nc2cc(Br)ccc21. The van der Waals surface area contributed by atoms with Crippen LogP contribution in [-0.2, 0) is 6.54 Å². The number of aromatic nitrogens is 2. The fourth-order valence-corrected chi connectivity index (χ4v) is 2.94. The highest BCUT2D eigenvalue weighted by molar-refractivity contribution is 9.10. The van der Waals surface area contributed by atoms with Crippen molar-refractivity contribution in [3.63, 3.8) is 0 Å². The predicted molar refractivity (Wildman–Crippen MR) is 89.6 cm³/mol. The average Bonchev–Trinajstić information content (AvgIpc) is 2.80. The molecule has 1 aromatic heterocycles. The van der Waals surface area contributed by atoms with Crippen LogP contribution < -0.4 is 0 Å². The summed E-state index contributed by atoms with van der Waals surface area (Å²) in [7, 11) is 0. The average molecular weight is 345 g/mol. The minimum Gasteiger partial charge on any atom is -0.507 e. The van der Waals surface area contributed by atoms with Crippen molar-refractivity contribution in [1.82, 2.24) is 9.55 Å². The van der Waals surface area contributed by atoms with Crippen molar-refractivity contribution in [3.05, 3.63) is 46.4 Å². The summed E-state index contributed by atoms with van der Waals surface area (Å²) in [5.74, 6) is 1.10. The van der Waals surface area contributed by atoms with E-state index in [1.54, 1.807) is 6.07 Å². The maximum atomic E-state index is 10.2. The monoisotopic (exact) mass is 344 g/mol. The number of fused-ring (bicyclic) bond motifs is 1. The third-order valence-electron chi connectivity index (χ3n) is 3.55. The molecule has 3 rings (SSSR count). The number of imidazole rings is 1. The molecule has 0 bridgehead atoms. The van der Waals surface area contributed by atoms with Crippen molar-refractivity contribution >= 4 is 27.0 Å². The minimum absolute atomic E-state index is 0.271. The van der Waals surface area contributed by atoms with Gasteiger partial charge in [0.1, 0.15) is 11.6 Å². The van der Waals surface area contributed by atoms with Gasteiger partial charge in [-0.1, -0.05) is 34.5 Å². The molecular weight excluding hydrogens is 328 g/mol. The van der Waals surface area contributed by atoms with Gasteiger partial charge in [-0.3, -0.25) is 0 Å². The molecule has 3 nitrogen and oxygen atoms in total. The van der Waals surface area contributed by atoms with Crippen LogP contribution in [0.25, 0.3) is 22.4 Å². The van der Waals surface area contributed by atoms with E-state index in [0.717, 1.165) is 45.4 Å². The van der Waals surface area contributed by atoms with Gasteiger partial charge >= 0.3 is 0 Å². The maximum Gasteiger partial charge on any atom is 0.144 e. The Morgan fingerprint density at radius 3 is 2.76 bits per heavy atom. The molecule has 0 atom stereocenters. The van der Waals surface area contributed by atoms with Crippen LogP contribution in [0.5, 0.6) is 5.75 Å². The Balaban J connectivity index is 2.30. The van der Waals surface area contributed by atoms with Gasteiger partial charge in [0.2, 0.25) is 0 Å². The van der Waals surface area contributed by atoms with Crippen LogP contribution in [0, 0.1) is 6.92 Å². The van der Waals surface area contributed by atoms with Gasteiger partial charge in [-0.25, -0.2) is 4.98 Å². The molecule has 3 aromatic rings. The largest absolute Gasteiger partial charge is 0.507 e. The van der Waals surface area contributed by atoms with E-state index >= 15 is 0 Å². The summed E-state index contributed by atoms with van der Waals surface area (Å²) in [4.78, 5) is 4.74. The predicted octanol–water partition coefficient (Wildman–Crippen LogP) is 4.89. The van der Waals surface area contributed by atoms with E-state index in [-0.39, 0.29) is 5.75 Å². The van der Waals surface area contributed by atoms with Crippen LogP contribution in [-0.4, -0.2) is 14.7 Å². The number of aryl methyl sites for hydroxylation is 2. The maximum absolute atomic E-state index is 10.2. The highest BCUT2D eigenvalue weighted by Crippen LogP contribution is 2.33. The molecule has 0 aliphatic carbocycles. The lowest BCUT2D eigenvalue weighted by molar-refractivity contribution is 0.476. The van der Waals surface area contributed by atoms with E-state index in [4.69, 9.17) is 4.98 Å². The number of benzene rings is 2. The second kappa shape index (κ2) is 5.53. The summed E-state index contributed by atoms with van der Waals surface area (Å²) in [6, 6.07) is 11.7. The van der Waals surface area contributed by atoms with E-state index in [1.807, 2.05) is 31.2 Å². The second-order valence-electron chi connectivity index (χ2n) is 5.24. The highest BCUT2D eigenvalue weighted by Gasteiger charge is 2.15. The van der Waals surface area contributed by atoms with Gasteiger partial charge in [-0.15, -0.1) is 0 Å². The Bertz CT molecular complexity index is 808. The van der Waals surface area contributed by atoms with Crippen LogP contribution in [0.4, 0.5) is 0 Å². The molecule has 1 heterocycles. The zero-order valence-electron chi connectivity index (χ0n) is 12.1.